The zero-order valence-corrected chi connectivity index (χ0v) is 11.9. The van der Waals surface area contributed by atoms with Crippen molar-refractivity contribution in [2.24, 2.45) is 0 Å². The van der Waals surface area contributed by atoms with Crippen LogP contribution in [0.2, 0.25) is 0 Å². The molecule has 104 valence electrons. The number of amides is 1. The zero-order valence-electron chi connectivity index (χ0n) is 11.1. The molecular formula is C13H15N5OS. The Morgan fingerprint density at radius 3 is 3.00 bits per heavy atom. The minimum absolute atomic E-state index is 0.0169. The molecule has 3 heterocycles. The van der Waals surface area contributed by atoms with E-state index in [0.717, 1.165) is 13.1 Å². The van der Waals surface area contributed by atoms with Gasteiger partial charge in [-0.15, -0.1) is 11.3 Å². The Hall–Kier alpha value is -1.86. The number of nitrogens with one attached hydrogen (secondary N) is 1. The normalized spacial score (nSPS) is 19.1. The largest absolute Gasteiger partial charge is 0.334 e. The quantitative estimate of drug-likeness (QED) is 0.894. The monoisotopic (exact) mass is 289 g/mol. The summed E-state index contributed by atoms with van der Waals surface area (Å²) in [7, 11) is 0. The van der Waals surface area contributed by atoms with Crippen LogP contribution < -0.4 is 5.32 Å². The van der Waals surface area contributed by atoms with E-state index in [1.54, 1.807) is 23.8 Å². The lowest BCUT2D eigenvalue weighted by Crippen LogP contribution is -2.51. The van der Waals surface area contributed by atoms with Gasteiger partial charge >= 0.3 is 0 Å². The fourth-order valence-electron chi connectivity index (χ4n) is 2.16. The summed E-state index contributed by atoms with van der Waals surface area (Å²) in [6, 6.07) is 2.08. The van der Waals surface area contributed by atoms with Crippen molar-refractivity contribution in [1.29, 1.82) is 0 Å². The van der Waals surface area contributed by atoms with Gasteiger partial charge < -0.3 is 10.2 Å². The average Bonchev–Trinajstić information content (AvgIpc) is 2.97. The van der Waals surface area contributed by atoms with E-state index in [2.05, 4.69) is 27.2 Å². The maximum absolute atomic E-state index is 12.4. The third-order valence-corrected chi connectivity index (χ3v) is 3.97. The van der Waals surface area contributed by atoms with Crippen LogP contribution in [-0.2, 0) is 0 Å². The Balaban J connectivity index is 1.78. The molecule has 1 N–H and O–H groups in total. The van der Waals surface area contributed by atoms with Crippen molar-refractivity contribution >= 4 is 17.2 Å². The van der Waals surface area contributed by atoms with E-state index in [1.807, 2.05) is 4.90 Å². The van der Waals surface area contributed by atoms with Crippen LogP contribution in [0.1, 0.15) is 17.4 Å². The molecule has 1 amide bonds. The predicted octanol–water partition coefficient (Wildman–Crippen LogP) is 1.03. The molecule has 0 aromatic carbocycles. The highest BCUT2D eigenvalue weighted by atomic mass is 32.1. The Morgan fingerprint density at radius 2 is 2.25 bits per heavy atom. The van der Waals surface area contributed by atoms with E-state index in [0.29, 0.717) is 29.1 Å². The van der Waals surface area contributed by atoms with Crippen molar-refractivity contribution < 1.29 is 4.79 Å². The first-order chi connectivity index (χ1) is 9.74. The van der Waals surface area contributed by atoms with E-state index < -0.39 is 0 Å². The standard InChI is InChI=1S/C13H15N5OS/c1-9-7-18(6-5-14-9)13(19)10-8-20-12(17-10)11-15-3-2-4-16-11/h2-4,8-9,14H,5-7H2,1H3/t9-/m0/s1. The molecule has 2 aromatic heterocycles. The summed E-state index contributed by atoms with van der Waals surface area (Å²) < 4.78 is 0. The SMILES string of the molecule is C[C@H]1CN(C(=O)c2csc(-c3ncccn3)n2)CCN1. The van der Waals surface area contributed by atoms with Gasteiger partial charge in [0, 0.05) is 43.4 Å². The van der Waals surface area contributed by atoms with Crippen molar-refractivity contribution in [3.05, 3.63) is 29.5 Å². The lowest BCUT2D eigenvalue weighted by molar-refractivity contribution is 0.0704. The van der Waals surface area contributed by atoms with Crippen molar-refractivity contribution in [2.75, 3.05) is 19.6 Å². The number of hydrogen-bond acceptors (Lipinski definition) is 6. The molecule has 3 rings (SSSR count). The number of hydrogen-bond donors (Lipinski definition) is 1. The zero-order chi connectivity index (χ0) is 13.9. The summed E-state index contributed by atoms with van der Waals surface area (Å²) in [6.45, 7) is 4.33. The van der Waals surface area contributed by atoms with E-state index in [-0.39, 0.29) is 5.91 Å². The van der Waals surface area contributed by atoms with Gasteiger partial charge in [-0.1, -0.05) is 0 Å². The summed E-state index contributed by atoms with van der Waals surface area (Å²) in [5.41, 5.74) is 0.478. The highest BCUT2D eigenvalue weighted by molar-refractivity contribution is 7.13. The summed E-state index contributed by atoms with van der Waals surface area (Å²) in [5, 5.41) is 5.77. The smallest absolute Gasteiger partial charge is 0.273 e. The molecule has 1 aliphatic rings. The summed E-state index contributed by atoms with van der Waals surface area (Å²) >= 11 is 1.40. The summed E-state index contributed by atoms with van der Waals surface area (Å²) in [6.07, 6.45) is 3.34. The minimum atomic E-state index is -0.0169. The second-order valence-electron chi connectivity index (χ2n) is 4.72. The first kappa shape index (κ1) is 13.1. The highest BCUT2D eigenvalue weighted by Crippen LogP contribution is 2.20. The van der Waals surface area contributed by atoms with Crippen molar-refractivity contribution in [2.45, 2.75) is 13.0 Å². The number of carbonyl (C=O) groups excluding carboxylic acids is 1. The number of thiazole rings is 1. The molecule has 0 unspecified atom stereocenters. The molecule has 6 nitrogen and oxygen atoms in total. The second-order valence-corrected chi connectivity index (χ2v) is 5.57. The number of aromatic nitrogens is 3. The van der Waals surface area contributed by atoms with Gasteiger partial charge in [-0.2, -0.15) is 0 Å². The van der Waals surface area contributed by atoms with E-state index in [4.69, 9.17) is 0 Å². The number of rotatable bonds is 2. The lowest BCUT2D eigenvalue weighted by atomic mass is 10.2. The van der Waals surface area contributed by atoms with Gasteiger partial charge in [0.15, 0.2) is 10.8 Å². The van der Waals surface area contributed by atoms with E-state index in [9.17, 15) is 4.79 Å². The topological polar surface area (TPSA) is 71.0 Å². The van der Waals surface area contributed by atoms with Crippen LogP contribution in [0.5, 0.6) is 0 Å². The van der Waals surface area contributed by atoms with Gasteiger partial charge in [0.05, 0.1) is 0 Å². The van der Waals surface area contributed by atoms with Gasteiger partial charge in [0.2, 0.25) is 0 Å². The highest BCUT2D eigenvalue weighted by Gasteiger charge is 2.23. The third-order valence-electron chi connectivity index (χ3n) is 3.14. The molecule has 1 saturated heterocycles. The predicted molar refractivity (Wildman–Crippen MR) is 76.5 cm³/mol. The van der Waals surface area contributed by atoms with Gasteiger partial charge in [0.25, 0.3) is 5.91 Å². The number of carbonyl (C=O) groups is 1. The Kier molecular flexibility index (Phi) is 3.70. The lowest BCUT2D eigenvalue weighted by Gasteiger charge is -2.31. The first-order valence-corrected chi connectivity index (χ1v) is 7.37. The molecule has 7 heteroatoms. The van der Waals surface area contributed by atoms with Crippen molar-refractivity contribution in [1.82, 2.24) is 25.2 Å². The average molecular weight is 289 g/mol. The first-order valence-electron chi connectivity index (χ1n) is 6.49. The summed E-state index contributed by atoms with van der Waals surface area (Å²) in [4.78, 5) is 26.9. The van der Waals surface area contributed by atoms with Gasteiger partial charge in [-0.05, 0) is 13.0 Å². The van der Waals surface area contributed by atoms with Gasteiger partial charge in [-0.3, -0.25) is 4.79 Å². The molecule has 0 radical (unpaired) electrons. The Bertz CT molecular complexity index is 600. The molecule has 1 aliphatic heterocycles. The molecule has 0 bridgehead atoms. The molecule has 2 aromatic rings. The van der Waals surface area contributed by atoms with Gasteiger partial charge in [0.1, 0.15) is 5.69 Å². The van der Waals surface area contributed by atoms with Crippen molar-refractivity contribution in [3.63, 3.8) is 0 Å². The minimum Gasteiger partial charge on any atom is -0.334 e. The van der Waals surface area contributed by atoms with Crippen molar-refractivity contribution in [3.8, 4) is 10.8 Å². The fourth-order valence-corrected chi connectivity index (χ4v) is 2.90. The fraction of sp³-hybridized carbons (Fsp3) is 0.385. The second kappa shape index (κ2) is 5.64. The van der Waals surface area contributed by atoms with Crippen LogP contribution in [0.25, 0.3) is 10.8 Å². The third kappa shape index (κ3) is 2.68. The van der Waals surface area contributed by atoms with Crippen LogP contribution in [0.4, 0.5) is 0 Å². The molecule has 20 heavy (non-hydrogen) atoms. The van der Waals surface area contributed by atoms with Crippen LogP contribution >= 0.6 is 11.3 Å². The Labute approximate surface area is 120 Å². The molecule has 0 spiro atoms. The molecule has 0 saturated carbocycles. The molecule has 1 atom stereocenters. The van der Waals surface area contributed by atoms with E-state index in [1.165, 1.54) is 11.3 Å². The maximum atomic E-state index is 12.4. The molecule has 1 fully saturated rings. The van der Waals surface area contributed by atoms with Crippen LogP contribution in [-0.4, -0.2) is 51.4 Å². The van der Waals surface area contributed by atoms with E-state index >= 15 is 0 Å². The van der Waals surface area contributed by atoms with Crippen LogP contribution in [0, 0.1) is 0 Å². The molecular weight excluding hydrogens is 274 g/mol. The maximum Gasteiger partial charge on any atom is 0.273 e. The summed E-state index contributed by atoms with van der Waals surface area (Å²) in [5.74, 6) is 0.544. The van der Waals surface area contributed by atoms with Gasteiger partial charge in [-0.25, -0.2) is 15.0 Å². The number of piperazine rings is 1. The number of nitrogens with zero attached hydrogens (tertiary/aromatic N) is 4. The Morgan fingerprint density at radius 1 is 1.45 bits per heavy atom. The van der Waals surface area contributed by atoms with Crippen LogP contribution in [0.15, 0.2) is 23.8 Å². The molecule has 0 aliphatic carbocycles. The van der Waals surface area contributed by atoms with Crippen LogP contribution in [0.3, 0.4) is 0 Å².